The van der Waals surface area contributed by atoms with Crippen molar-refractivity contribution in [3.05, 3.63) is 34.9 Å². The molecule has 14 heteroatoms. The van der Waals surface area contributed by atoms with E-state index in [1.165, 1.54) is 0 Å². The Hall–Kier alpha value is -3.84. The fourth-order valence-electron chi connectivity index (χ4n) is 8.21. The number of amides is 1. The van der Waals surface area contributed by atoms with Gasteiger partial charge in [0.2, 0.25) is 0 Å². The summed E-state index contributed by atoms with van der Waals surface area (Å²) in [5, 5.41) is 11.7. The second-order valence-corrected chi connectivity index (χ2v) is 13.9. The van der Waals surface area contributed by atoms with Crippen LogP contribution in [0.15, 0.2) is 18.5 Å². The van der Waals surface area contributed by atoms with Crippen LogP contribution in [0.2, 0.25) is 5.02 Å². The molecule has 11 nitrogen and oxygen atoms in total. The molecule has 9 heterocycles. The van der Waals surface area contributed by atoms with Crippen LogP contribution in [0.5, 0.6) is 6.01 Å². The van der Waals surface area contributed by atoms with Gasteiger partial charge in [0.15, 0.2) is 5.82 Å². The highest BCUT2D eigenvalue weighted by Gasteiger charge is 2.49. The number of anilines is 1. The van der Waals surface area contributed by atoms with Crippen molar-refractivity contribution >= 4 is 45.3 Å². The van der Waals surface area contributed by atoms with E-state index in [0.717, 1.165) is 31.4 Å². The van der Waals surface area contributed by atoms with Crippen molar-refractivity contribution in [3.63, 3.8) is 0 Å². The Balaban J connectivity index is 1.18. The van der Waals surface area contributed by atoms with Crippen molar-refractivity contribution in [3.8, 4) is 17.3 Å². The summed E-state index contributed by atoms with van der Waals surface area (Å²) < 4.78 is 43.2. The first-order chi connectivity index (χ1) is 22.4. The number of halogens is 3. The van der Waals surface area contributed by atoms with Crippen molar-refractivity contribution in [1.29, 1.82) is 0 Å². The van der Waals surface area contributed by atoms with E-state index in [4.69, 9.17) is 31.0 Å². The highest BCUT2D eigenvalue weighted by atomic mass is 35.5. The molecule has 1 aromatic carbocycles. The first-order valence-electron chi connectivity index (χ1n) is 16.1. The molecule has 4 fully saturated rings. The fraction of sp³-hybridized carbons (Fsp3) is 0.531. The Labute approximate surface area is 268 Å². The largest absolute Gasteiger partial charge is 0.461 e. The fourth-order valence-corrected chi connectivity index (χ4v) is 8.56. The van der Waals surface area contributed by atoms with Gasteiger partial charge in [-0.25, -0.2) is 13.6 Å². The second-order valence-electron chi connectivity index (χ2n) is 13.5. The number of H-pyrrole nitrogens is 1. The zero-order chi connectivity index (χ0) is 31.2. The number of nitrogens with zero attached hydrogens (tertiary/aromatic N) is 6. The van der Waals surface area contributed by atoms with Crippen LogP contribution in [-0.4, -0.2) is 93.8 Å². The molecule has 1 saturated carbocycles. The third-order valence-corrected chi connectivity index (χ3v) is 11.0. The van der Waals surface area contributed by atoms with Crippen LogP contribution in [0.1, 0.15) is 43.6 Å². The van der Waals surface area contributed by atoms with E-state index in [1.54, 1.807) is 12.4 Å². The van der Waals surface area contributed by atoms with Gasteiger partial charge in [-0.2, -0.15) is 15.1 Å². The third-order valence-electron chi connectivity index (χ3n) is 10.7. The molecule has 3 saturated heterocycles. The van der Waals surface area contributed by atoms with Gasteiger partial charge < -0.3 is 19.7 Å². The van der Waals surface area contributed by atoms with Crippen LogP contribution in [0.25, 0.3) is 33.1 Å². The Kier molecular flexibility index (Phi) is 6.54. The van der Waals surface area contributed by atoms with Gasteiger partial charge in [0.1, 0.15) is 29.8 Å². The Morgan fingerprint density at radius 2 is 2.09 bits per heavy atom. The SMILES string of the molecule is O=C1NCC2CN(C2)c2nc(OCC34CCCN3C[C@H](F)C4)nc3c(F)c(ncc23)-c2c(c(Cl)cc3[nH]ncc23)[C@H]2C[C@H]2CCO1. The molecule has 6 bridgehead atoms. The molecule has 2 N–H and O–H groups in total. The minimum Gasteiger partial charge on any atom is -0.461 e. The van der Waals surface area contributed by atoms with E-state index in [-0.39, 0.29) is 48.2 Å². The van der Waals surface area contributed by atoms with Crippen LogP contribution in [0.4, 0.5) is 19.4 Å². The van der Waals surface area contributed by atoms with Gasteiger partial charge in [-0.1, -0.05) is 11.6 Å². The lowest BCUT2D eigenvalue weighted by Crippen LogP contribution is -2.52. The maximum Gasteiger partial charge on any atom is 0.407 e. The summed E-state index contributed by atoms with van der Waals surface area (Å²) in [6.07, 6.45) is 5.68. The summed E-state index contributed by atoms with van der Waals surface area (Å²) in [5.41, 5.74) is 1.88. The first-order valence-corrected chi connectivity index (χ1v) is 16.4. The van der Waals surface area contributed by atoms with Crippen molar-refractivity contribution in [2.45, 2.75) is 49.7 Å². The molecular weight excluding hydrogens is 618 g/mol. The number of hydrogen-bond acceptors (Lipinski definition) is 9. The lowest BCUT2D eigenvalue weighted by atomic mass is 9.94. The van der Waals surface area contributed by atoms with Gasteiger partial charge in [-0.15, -0.1) is 0 Å². The van der Waals surface area contributed by atoms with Gasteiger partial charge in [-0.05, 0) is 55.7 Å². The molecule has 240 valence electrons. The predicted molar refractivity (Wildman–Crippen MR) is 166 cm³/mol. The summed E-state index contributed by atoms with van der Waals surface area (Å²) in [7, 11) is 0. The molecule has 0 radical (unpaired) electrons. The number of rotatable bonds is 3. The van der Waals surface area contributed by atoms with Crippen LogP contribution >= 0.6 is 11.6 Å². The molecule has 11 rings (SSSR count). The Bertz CT molecular complexity index is 1890. The van der Waals surface area contributed by atoms with E-state index in [9.17, 15) is 9.18 Å². The second kappa shape index (κ2) is 10.6. The van der Waals surface area contributed by atoms with Gasteiger partial charge in [0.05, 0.1) is 29.2 Å². The van der Waals surface area contributed by atoms with Crippen molar-refractivity contribution in [2.24, 2.45) is 11.8 Å². The maximum absolute atomic E-state index is 17.0. The van der Waals surface area contributed by atoms with E-state index in [1.807, 2.05) is 11.0 Å². The average molecular weight is 651 g/mol. The van der Waals surface area contributed by atoms with Gasteiger partial charge in [0.25, 0.3) is 0 Å². The number of carbonyl (C=O) groups excluding carboxylic acids is 1. The van der Waals surface area contributed by atoms with E-state index in [0.29, 0.717) is 71.7 Å². The normalized spacial score (nSPS) is 29.1. The van der Waals surface area contributed by atoms with E-state index < -0.39 is 23.6 Å². The number of fused-ring (bicyclic) bond motifs is 2. The molecule has 1 unspecified atom stereocenters. The summed E-state index contributed by atoms with van der Waals surface area (Å²) in [4.78, 5) is 30.7. The van der Waals surface area contributed by atoms with Crippen LogP contribution in [0.3, 0.4) is 0 Å². The quantitative estimate of drug-likeness (QED) is 0.316. The van der Waals surface area contributed by atoms with Crippen molar-refractivity contribution in [2.75, 3.05) is 50.8 Å². The monoisotopic (exact) mass is 650 g/mol. The highest BCUT2D eigenvalue weighted by molar-refractivity contribution is 6.33. The Morgan fingerprint density at radius 3 is 2.98 bits per heavy atom. The molecule has 1 aliphatic carbocycles. The summed E-state index contributed by atoms with van der Waals surface area (Å²) >= 11 is 6.90. The minimum atomic E-state index is -0.898. The topological polar surface area (TPSA) is 121 Å². The lowest BCUT2D eigenvalue weighted by Gasteiger charge is -2.40. The van der Waals surface area contributed by atoms with Crippen LogP contribution in [0, 0.1) is 17.7 Å². The molecule has 4 atom stereocenters. The smallest absolute Gasteiger partial charge is 0.407 e. The number of aromatic amines is 1. The molecule has 3 aromatic heterocycles. The Morgan fingerprint density at radius 1 is 1.20 bits per heavy atom. The summed E-state index contributed by atoms with van der Waals surface area (Å²) in [6.45, 7) is 3.39. The van der Waals surface area contributed by atoms with Gasteiger partial charge in [0, 0.05) is 60.7 Å². The highest BCUT2D eigenvalue weighted by Crippen LogP contribution is 2.56. The van der Waals surface area contributed by atoms with Crippen molar-refractivity contribution < 1.29 is 23.0 Å². The third kappa shape index (κ3) is 4.56. The average Bonchev–Trinajstić information content (AvgIpc) is 3.27. The molecule has 0 spiro atoms. The predicted octanol–water partition coefficient (Wildman–Crippen LogP) is 4.99. The molecule has 46 heavy (non-hydrogen) atoms. The van der Waals surface area contributed by atoms with E-state index in [2.05, 4.69) is 25.4 Å². The number of alkyl carbamates (subject to hydrolysis) is 1. The van der Waals surface area contributed by atoms with Crippen LogP contribution < -0.4 is 15.0 Å². The number of ether oxygens (including phenoxy) is 2. The standard InChI is InChI=1S/C32H33ClF2N8O3/c33-22-7-23-20(11-38-41-23)25-24(22)19-6-17(19)2-5-45-31(44)37-9-16-12-42(13-16)29-21-10-36-28(25)26(35)27(21)39-30(40-29)46-15-32-3-1-4-43(32)14-18(34)8-32/h7,10-11,16-19H,1-6,8-9,12-15H2,(H,37,44)(H,38,41)/t17-,18-,19+,32?/m1/s1. The zero-order valence-electron chi connectivity index (χ0n) is 25.1. The molecule has 1 amide bonds. The molecule has 4 aromatic rings. The number of benzene rings is 1. The number of aromatic nitrogens is 5. The van der Waals surface area contributed by atoms with Crippen LogP contribution in [-0.2, 0) is 4.74 Å². The number of hydrogen-bond donors (Lipinski definition) is 2. The maximum atomic E-state index is 17.0. The van der Waals surface area contributed by atoms with Gasteiger partial charge in [-0.3, -0.25) is 15.0 Å². The molecule has 6 aliphatic heterocycles. The number of carbonyl (C=O) groups is 1. The number of alkyl halides is 1. The molecule has 7 aliphatic rings. The zero-order valence-corrected chi connectivity index (χ0v) is 25.8. The van der Waals surface area contributed by atoms with Gasteiger partial charge >= 0.3 is 12.1 Å². The molecular formula is C32H33ClF2N8O3. The van der Waals surface area contributed by atoms with Crippen molar-refractivity contribution in [1.82, 2.24) is 35.4 Å². The van der Waals surface area contributed by atoms with E-state index >= 15 is 4.39 Å². The first kappa shape index (κ1) is 28.4. The number of nitrogens with one attached hydrogen (secondary N) is 2. The number of pyridine rings is 1. The summed E-state index contributed by atoms with van der Waals surface area (Å²) in [6, 6.07) is 1.86. The minimum absolute atomic E-state index is 0.0437. The summed E-state index contributed by atoms with van der Waals surface area (Å²) in [5.74, 6) is 0.352. The lowest BCUT2D eigenvalue weighted by molar-refractivity contribution is 0.107.